The third-order valence-electron chi connectivity index (χ3n) is 3.71. The largest absolute Gasteiger partial charge is 0.495 e. The smallest absolute Gasteiger partial charge is 0.276 e. The number of benzene rings is 1. The molecule has 0 radical (unpaired) electrons. The molecule has 25 heavy (non-hydrogen) atoms. The Morgan fingerprint density at radius 1 is 1.08 bits per heavy atom. The lowest BCUT2D eigenvalue weighted by molar-refractivity contribution is 0.102. The number of hydrogen-bond acceptors (Lipinski definition) is 5. The number of carbonyl (C=O) groups excluding carboxylic acids is 1. The lowest BCUT2D eigenvalue weighted by Gasteiger charge is -2.10. The Hall–Kier alpha value is -3.22. The summed E-state index contributed by atoms with van der Waals surface area (Å²) in [6.45, 7) is 5.79. The van der Waals surface area contributed by atoms with E-state index in [4.69, 9.17) is 4.74 Å². The van der Waals surface area contributed by atoms with Crippen LogP contribution in [-0.2, 0) is 0 Å². The summed E-state index contributed by atoms with van der Waals surface area (Å²) in [4.78, 5) is 12.4. The van der Waals surface area contributed by atoms with Gasteiger partial charge in [0.25, 0.3) is 5.91 Å². The topological polar surface area (TPSA) is 81.9 Å². The fraction of sp³-hybridized carbons (Fsp3) is 0.222. The molecule has 0 bridgehead atoms. The first-order valence-electron chi connectivity index (χ1n) is 7.81. The molecule has 2 aromatic heterocycles. The zero-order valence-corrected chi connectivity index (χ0v) is 14.6. The van der Waals surface area contributed by atoms with Crippen molar-refractivity contribution in [2.24, 2.45) is 0 Å². The standard InChI is InChI=1S/C18H19N5O2/c1-11-5-7-16(25-4)15(9-11)19-18(24)14-6-8-17(21-20-14)23-13(3)10-12(2)22-23/h5-10H,1-4H3,(H,19,24). The van der Waals surface area contributed by atoms with Crippen molar-refractivity contribution in [3.63, 3.8) is 0 Å². The van der Waals surface area contributed by atoms with Crippen LogP contribution in [0.15, 0.2) is 36.4 Å². The van der Waals surface area contributed by atoms with Crippen LogP contribution < -0.4 is 10.1 Å². The van der Waals surface area contributed by atoms with Crippen LogP contribution in [0.4, 0.5) is 5.69 Å². The second-order valence-electron chi connectivity index (χ2n) is 5.77. The van der Waals surface area contributed by atoms with Crippen LogP contribution in [0, 0.1) is 20.8 Å². The number of aryl methyl sites for hydroxylation is 3. The summed E-state index contributed by atoms with van der Waals surface area (Å²) < 4.78 is 6.96. The number of rotatable bonds is 4. The predicted octanol–water partition coefficient (Wildman–Crippen LogP) is 2.85. The maximum Gasteiger partial charge on any atom is 0.276 e. The lowest BCUT2D eigenvalue weighted by Crippen LogP contribution is -2.16. The minimum Gasteiger partial charge on any atom is -0.495 e. The van der Waals surface area contributed by atoms with Crippen LogP contribution in [0.2, 0.25) is 0 Å². The summed E-state index contributed by atoms with van der Waals surface area (Å²) in [6, 6.07) is 10.9. The second-order valence-corrected chi connectivity index (χ2v) is 5.77. The van der Waals surface area contributed by atoms with Gasteiger partial charge in [0.2, 0.25) is 0 Å². The normalized spacial score (nSPS) is 10.6. The van der Waals surface area contributed by atoms with E-state index < -0.39 is 0 Å². The molecule has 0 fully saturated rings. The summed E-state index contributed by atoms with van der Waals surface area (Å²) in [6.07, 6.45) is 0. The van der Waals surface area contributed by atoms with Crippen molar-refractivity contribution < 1.29 is 9.53 Å². The zero-order valence-electron chi connectivity index (χ0n) is 14.6. The molecular formula is C18H19N5O2. The van der Waals surface area contributed by atoms with E-state index in [1.807, 2.05) is 45.0 Å². The van der Waals surface area contributed by atoms with Gasteiger partial charge >= 0.3 is 0 Å². The van der Waals surface area contributed by atoms with E-state index in [2.05, 4.69) is 20.6 Å². The molecule has 0 aliphatic rings. The fourth-order valence-electron chi connectivity index (χ4n) is 2.53. The van der Waals surface area contributed by atoms with Crippen molar-refractivity contribution in [3.05, 3.63) is 59.0 Å². The average molecular weight is 337 g/mol. The first-order valence-corrected chi connectivity index (χ1v) is 7.81. The number of aromatic nitrogens is 4. The molecule has 1 amide bonds. The van der Waals surface area contributed by atoms with E-state index >= 15 is 0 Å². The van der Waals surface area contributed by atoms with Crippen LogP contribution >= 0.6 is 0 Å². The lowest BCUT2D eigenvalue weighted by atomic mass is 10.2. The van der Waals surface area contributed by atoms with E-state index in [9.17, 15) is 4.79 Å². The summed E-state index contributed by atoms with van der Waals surface area (Å²) in [5, 5.41) is 15.3. The number of hydrogen-bond donors (Lipinski definition) is 1. The number of amides is 1. The van der Waals surface area contributed by atoms with Gasteiger partial charge in [0.15, 0.2) is 11.5 Å². The van der Waals surface area contributed by atoms with Gasteiger partial charge in [0.1, 0.15) is 5.75 Å². The van der Waals surface area contributed by atoms with Crippen LogP contribution in [0.25, 0.3) is 5.82 Å². The average Bonchev–Trinajstić information content (AvgIpc) is 2.93. The molecule has 7 heteroatoms. The zero-order chi connectivity index (χ0) is 18.0. The van der Waals surface area contributed by atoms with Gasteiger partial charge in [-0.25, -0.2) is 4.68 Å². The Kier molecular flexibility index (Phi) is 4.47. The third-order valence-corrected chi connectivity index (χ3v) is 3.71. The molecule has 1 aromatic carbocycles. The summed E-state index contributed by atoms with van der Waals surface area (Å²) >= 11 is 0. The van der Waals surface area contributed by atoms with E-state index in [1.54, 1.807) is 23.9 Å². The Morgan fingerprint density at radius 2 is 1.88 bits per heavy atom. The highest BCUT2D eigenvalue weighted by Gasteiger charge is 2.13. The highest BCUT2D eigenvalue weighted by atomic mass is 16.5. The van der Waals surface area contributed by atoms with E-state index in [-0.39, 0.29) is 11.6 Å². The third kappa shape index (κ3) is 3.50. The van der Waals surface area contributed by atoms with Crippen molar-refractivity contribution in [2.45, 2.75) is 20.8 Å². The summed E-state index contributed by atoms with van der Waals surface area (Å²) in [5.41, 5.74) is 3.67. The Bertz CT molecular complexity index is 916. The molecule has 2 heterocycles. The summed E-state index contributed by atoms with van der Waals surface area (Å²) in [5.74, 6) is 0.803. The Labute approximate surface area is 145 Å². The predicted molar refractivity (Wildman–Crippen MR) is 94.3 cm³/mol. The monoisotopic (exact) mass is 337 g/mol. The number of carbonyl (C=O) groups is 1. The van der Waals surface area contributed by atoms with Crippen molar-refractivity contribution in [2.75, 3.05) is 12.4 Å². The number of nitrogens with one attached hydrogen (secondary N) is 1. The maximum atomic E-state index is 12.4. The molecule has 0 saturated heterocycles. The molecule has 0 aliphatic carbocycles. The molecule has 0 unspecified atom stereocenters. The van der Waals surface area contributed by atoms with Gasteiger partial charge in [-0.15, -0.1) is 10.2 Å². The molecule has 3 rings (SSSR count). The molecule has 7 nitrogen and oxygen atoms in total. The van der Waals surface area contributed by atoms with Gasteiger partial charge in [0, 0.05) is 5.69 Å². The second kappa shape index (κ2) is 6.72. The molecule has 0 spiro atoms. The highest BCUT2D eigenvalue weighted by Crippen LogP contribution is 2.25. The SMILES string of the molecule is COc1ccc(C)cc1NC(=O)c1ccc(-n2nc(C)cc2C)nn1. The molecule has 0 atom stereocenters. The molecular weight excluding hydrogens is 318 g/mol. The minimum atomic E-state index is -0.351. The Morgan fingerprint density at radius 3 is 2.48 bits per heavy atom. The molecule has 1 N–H and O–H groups in total. The van der Waals surface area contributed by atoms with Gasteiger partial charge in [-0.3, -0.25) is 4.79 Å². The van der Waals surface area contributed by atoms with Crippen molar-refractivity contribution in [1.29, 1.82) is 0 Å². The van der Waals surface area contributed by atoms with Gasteiger partial charge in [-0.2, -0.15) is 5.10 Å². The molecule has 0 saturated carbocycles. The van der Waals surface area contributed by atoms with E-state index in [1.165, 1.54) is 0 Å². The summed E-state index contributed by atoms with van der Waals surface area (Å²) in [7, 11) is 1.56. The number of methoxy groups -OCH3 is 1. The first kappa shape index (κ1) is 16.6. The van der Waals surface area contributed by atoms with Crippen LogP contribution in [0.3, 0.4) is 0 Å². The van der Waals surface area contributed by atoms with Crippen molar-refractivity contribution in [3.8, 4) is 11.6 Å². The van der Waals surface area contributed by atoms with E-state index in [0.717, 1.165) is 17.0 Å². The number of nitrogens with zero attached hydrogens (tertiary/aromatic N) is 4. The minimum absolute atomic E-state index is 0.217. The van der Waals surface area contributed by atoms with E-state index in [0.29, 0.717) is 17.3 Å². The van der Waals surface area contributed by atoms with Crippen LogP contribution in [-0.4, -0.2) is 33.0 Å². The molecule has 0 aliphatic heterocycles. The maximum absolute atomic E-state index is 12.4. The highest BCUT2D eigenvalue weighted by molar-refractivity contribution is 6.03. The van der Waals surface area contributed by atoms with Gasteiger partial charge in [0.05, 0.1) is 18.5 Å². The first-order chi connectivity index (χ1) is 12.0. The number of anilines is 1. The molecule has 128 valence electrons. The van der Waals surface area contributed by atoms with Gasteiger partial charge < -0.3 is 10.1 Å². The van der Waals surface area contributed by atoms with Gasteiger partial charge in [-0.1, -0.05) is 6.07 Å². The van der Waals surface area contributed by atoms with Crippen molar-refractivity contribution >= 4 is 11.6 Å². The van der Waals surface area contributed by atoms with Crippen LogP contribution in [0.1, 0.15) is 27.4 Å². The van der Waals surface area contributed by atoms with Crippen LogP contribution in [0.5, 0.6) is 5.75 Å². The molecule has 3 aromatic rings. The van der Waals surface area contributed by atoms with Gasteiger partial charge in [-0.05, 0) is 56.7 Å². The quantitative estimate of drug-likeness (QED) is 0.791. The Balaban J connectivity index is 1.82. The van der Waals surface area contributed by atoms with Crippen molar-refractivity contribution in [1.82, 2.24) is 20.0 Å². The number of ether oxygens (including phenoxy) is 1. The fourth-order valence-corrected chi connectivity index (χ4v) is 2.53.